The molecule has 2 unspecified atom stereocenters. The number of nitrogens with zero attached hydrogens (tertiary/aromatic N) is 10. The van der Waals surface area contributed by atoms with Crippen molar-refractivity contribution in [1.29, 1.82) is 0 Å². The van der Waals surface area contributed by atoms with Crippen LogP contribution in [0.15, 0.2) is 36.4 Å². The Morgan fingerprint density at radius 1 is 0.740 bits per heavy atom. The zero-order valence-corrected chi connectivity index (χ0v) is 45.3. The van der Waals surface area contributed by atoms with Gasteiger partial charge in [-0.1, -0.05) is 0 Å². The van der Waals surface area contributed by atoms with Gasteiger partial charge in [-0.25, -0.2) is 19.6 Å². The molecule has 7 amide bonds. The number of nitrogens with one attached hydrogen (secondary N) is 4. The van der Waals surface area contributed by atoms with Crippen LogP contribution in [0, 0.1) is 18.8 Å². The van der Waals surface area contributed by atoms with Crippen molar-refractivity contribution in [3.8, 4) is 11.5 Å². The lowest BCUT2D eigenvalue weighted by atomic mass is 10.0. The third-order valence-electron chi connectivity index (χ3n) is 14.6. The molecule has 0 spiro atoms. The van der Waals surface area contributed by atoms with Gasteiger partial charge < -0.3 is 55.2 Å². The van der Waals surface area contributed by atoms with Crippen molar-refractivity contribution in [1.82, 2.24) is 59.1 Å². The number of methoxy groups -OCH3 is 2. The fraction of sp³-hybridized carbons (Fsp3) is 0.528. The van der Waals surface area contributed by atoms with E-state index >= 15 is 0 Å². The van der Waals surface area contributed by atoms with Crippen LogP contribution >= 0.6 is 0 Å². The maximum Gasteiger partial charge on any atom is 0.317 e. The quantitative estimate of drug-likeness (QED) is 0.0456. The average molecular weight is 1060 g/mol. The largest absolute Gasteiger partial charge is 0.494 e. The van der Waals surface area contributed by atoms with Crippen molar-refractivity contribution in [2.45, 2.75) is 111 Å². The van der Waals surface area contributed by atoms with Gasteiger partial charge in [-0.3, -0.25) is 34.4 Å². The molecule has 2 atom stereocenters. The molecule has 24 nitrogen and oxygen atoms in total. The fourth-order valence-electron chi connectivity index (χ4n) is 10.6. The number of benzene rings is 2. The molecule has 0 bridgehead atoms. The van der Waals surface area contributed by atoms with E-state index in [0.717, 1.165) is 56.6 Å². The van der Waals surface area contributed by atoms with Crippen LogP contribution in [0.1, 0.15) is 107 Å². The minimum Gasteiger partial charge on any atom is -0.494 e. The summed E-state index contributed by atoms with van der Waals surface area (Å²) in [7, 11) is 6.69. The van der Waals surface area contributed by atoms with Crippen LogP contribution < -0.4 is 42.2 Å². The molecule has 5 heterocycles. The number of carbonyl (C=O) groups is 5. The van der Waals surface area contributed by atoms with E-state index in [1.54, 1.807) is 56.1 Å². The van der Waals surface area contributed by atoms with Gasteiger partial charge in [0, 0.05) is 91.3 Å². The SMILES string of the molecule is CCn1nc(C)cc1C(=O)Nc1nc2cc(C(N)=O)cc(OC)c2n1CCCNC(=O)N(C)C1CCC(Cc2cc(C(=O)Nc3nc4cc(CN)cc(OC)c4n3CCCNC(=O)N(C)CC3CCOCC3)n(CC)n2)C1. The van der Waals surface area contributed by atoms with E-state index in [9.17, 15) is 24.0 Å². The number of primary amides is 1. The normalized spacial score (nSPS) is 15.7. The Morgan fingerprint density at radius 3 is 1.92 bits per heavy atom. The minimum atomic E-state index is -0.646. The molecule has 6 aromatic rings. The molecular formula is C53H74N16O8. The minimum absolute atomic E-state index is 0.00423. The number of ether oxygens (including phenoxy) is 3. The van der Waals surface area contributed by atoms with Gasteiger partial charge in [-0.15, -0.1) is 0 Å². The predicted molar refractivity (Wildman–Crippen MR) is 290 cm³/mol. The number of rotatable bonds is 23. The summed E-state index contributed by atoms with van der Waals surface area (Å²) in [4.78, 5) is 79.6. The molecule has 1 saturated carbocycles. The number of hydrogen-bond donors (Lipinski definition) is 6. The highest BCUT2D eigenvalue weighted by molar-refractivity contribution is 6.05. The molecule has 2 aromatic carbocycles. The summed E-state index contributed by atoms with van der Waals surface area (Å²) in [5.41, 5.74) is 17.2. The van der Waals surface area contributed by atoms with Crippen LogP contribution in [0.25, 0.3) is 22.1 Å². The van der Waals surface area contributed by atoms with Gasteiger partial charge in [-0.05, 0) is 126 Å². The Kier molecular flexibility index (Phi) is 18.0. The Hall–Kier alpha value is -7.73. The second kappa shape index (κ2) is 25.0. The van der Waals surface area contributed by atoms with Crippen molar-refractivity contribution in [3.05, 3.63) is 70.3 Å². The maximum atomic E-state index is 14.2. The predicted octanol–water partition coefficient (Wildman–Crippen LogP) is 5.11. The molecule has 1 aliphatic carbocycles. The lowest BCUT2D eigenvalue weighted by molar-refractivity contribution is 0.0586. The number of carbonyl (C=O) groups excluding carboxylic acids is 5. The summed E-state index contributed by atoms with van der Waals surface area (Å²) in [5, 5.41) is 21.3. The lowest BCUT2D eigenvalue weighted by Crippen LogP contribution is -2.43. The van der Waals surface area contributed by atoms with Crippen molar-refractivity contribution in [2.75, 3.05) is 71.8 Å². The first-order valence-corrected chi connectivity index (χ1v) is 26.6. The molecule has 2 fully saturated rings. The monoisotopic (exact) mass is 1060 g/mol. The van der Waals surface area contributed by atoms with Gasteiger partial charge in [0.05, 0.1) is 36.6 Å². The van der Waals surface area contributed by atoms with Gasteiger partial charge in [0.15, 0.2) is 0 Å². The van der Waals surface area contributed by atoms with E-state index < -0.39 is 11.8 Å². The van der Waals surface area contributed by atoms with Gasteiger partial charge in [0.1, 0.15) is 33.9 Å². The van der Waals surface area contributed by atoms with Crippen molar-refractivity contribution in [2.24, 2.45) is 23.3 Å². The Bertz CT molecular complexity index is 3100. The number of hydrogen-bond acceptors (Lipinski definition) is 13. The zero-order chi connectivity index (χ0) is 54.9. The molecule has 414 valence electrons. The van der Waals surface area contributed by atoms with Crippen LogP contribution in [0.2, 0.25) is 0 Å². The van der Waals surface area contributed by atoms with Crippen LogP contribution in [-0.2, 0) is 43.9 Å². The summed E-state index contributed by atoms with van der Waals surface area (Å²) in [6.45, 7) is 10.5. The number of aryl methyl sites for hydroxylation is 5. The van der Waals surface area contributed by atoms with Crippen LogP contribution in [-0.4, -0.2) is 145 Å². The second-order valence-corrected chi connectivity index (χ2v) is 19.9. The van der Waals surface area contributed by atoms with E-state index in [4.69, 9.17) is 35.8 Å². The first-order valence-electron chi connectivity index (χ1n) is 26.6. The first-order chi connectivity index (χ1) is 37.1. The molecule has 1 aliphatic heterocycles. The molecule has 8 N–H and O–H groups in total. The van der Waals surface area contributed by atoms with E-state index in [-0.39, 0.29) is 48.0 Å². The number of nitrogens with two attached hydrogens (primary N) is 2. The average Bonchev–Trinajstić information content (AvgIpc) is 4.35. The summed E-state index contributed by atoms with van der Waals surface area (Å²) in [6.07, 6.45) is 6.01. The summed E-state index contributed by atoms with van der Waals surface area (Å²) in [6, 6.07) is 10.1. The van der Waals surface area contributed by atoms with Crippen LogP contribution in [0.3, 0.4) is 0 Å². The Labute approximate surface area is 447 Å². The number of fused-ring (bicyclic) bond motifs is 2. The molecule has 2 aliphatic rings. The third kappa shape index (κ3) is 12.8. The van der Waals surface area contributed by atoms with Crippen LogP contribution in [0.4, 0.5) is 21.5 Å². The van der Waals surface area contributed by atoms with E-state index in [2.05, 4.69) is 31.3 Å². The standard InChI is InChI=1S/C53H74N16O8/c1-8-68-41(22-32(3)62-68)48(71)60-51-59-40-27-36(47(55)70)28-44(76-7)46(40)67(51)19-11-17-57-53(74)65(5)38-13-12-34(24-38)23-37-29-42(69(9-2)63-37)49(72)61-50-58-39-25-35(30-54)26-43(75-6)45(39)66(50)18-10-16-56-52(73)64(4)31-33-14-20-77-21-15-33/h22,25-29,33-34,38H,8-21,23-24,30-31,54H2,1-7H3,(H2,55,70)(H,56,73)(H,57,74)(H,58,61,72)(H,59,60,71). The highest BCUT2D eigenvalue weighted by atomic mass is 16.5. The van der Waals surface area contributed by atoms with Crippen molar-refractivity contribution in [3.63, 3.8) is 0 Å². The van der Waals surface area contributed by atoms with Crippen molar-refractivity contribution < 1.29 is 38.2 Å². The van der Waals surface area contributed by atoms with Crippen LogP contribution in [0.5, 0.6) is 11.5 Å². The number of urea groups is 2. The summed E-state index contributed by atoms with van der Waals surface area (Å²) >= 11 is 0. The third-order valence-corrected chi connectivity index (χ3v) is 14.6. The zero-order valence-electron chi connectivity index (χ0n) is 45.3. The number of amides is 7. The Balaban J connectivity index is 0.873. The van der Waals surface area contributed by atoms with Gasteiger partial charge >= 0.3 is 12.1 Å². The van der Waals surface area contributed by atoms with Gasteiger partial charge in [0.25, 0.3) is 11.8 Å². The van der Waals surface area contributed by atoms with Crippen molar-refractivity contribution >= 4 is 63.7 Å². The van der Waals surface area contributed by atoms with E-state index in [1.165, 1.54) is 7.11 Å². The topological polar surface area (TPSA) is 291 Å². The van der Waals surface area contributed by atoms with E-state index in [0.29, 0.717) is 128 Å². The molecule has 1 saturated heterocycles. The van der Waals surface area contributed by atoms with E-state index in [1.807, 2.05) is 50.6 Å². The molecular weight excluding hydrogens is 989 g/mol. The second-order valence-electron chi connectivity index (χ2n) is 19.9. The highest BCUT2D eigenvalue weighted by Gasteiger charge is 2.32. The number of imidazole rings is 2. The number of aromatic nitrogens is 8. The molecule has 0 radical (unpaired) electrons. The fourth-order valence-corrected chi connectivity index (χ4v) is 10.6. The highest BCUT2D eigenvalue weighted by Crippen LogP contribution is 2.34. The number of anilines is 2. The molecule has 4 aromatic heterocycles. The molecule has 8 rings (SSSR count). The maximum absolute atomic E-state index is 14.2. The lowest BCUT2D eigenvalue weighted by Gasteiger charge is -2.27. The van der Waals surface area contributed by atoms with Gasteiger partial charge in [0.2, 0.25) is 17.8 Å². The molecule has 77 heavy (non-hydrogen) atoms. The smallest absolute Gasteiger partial charge is 0.317 e. The summed E-state index contributed by atoms with van der Waals surface area (Å²) in [5.74, 6) is 0.744. The first kappa shape index (κ1) is 55.5. The van der Waals surface area contributed by atoms with Gasteiger partial charge in [-0.2, -0.15) is 10.2 Å². The Morgan fingerprint density at radius 2 is 1.32 bits per heavy atom. The summed E-state index contributed by atoms with van der Waals surface area (Å²) < 4.78 is 24.0. The molecule has 24 heteroatoms.